The molecule has 0 spiro atoms. The summed E-state index contributed by atoms with van der Waals surface area (Å²) < 4.78 is 6.84. The van der Waals surface area contributed by atoms with Crippen LogP contribution in [0.25, 0.3) is 5.69 Å². The van der Waals surface area contributed by atoms with Gasteiger partial charge in [0, 0.05) is 45.8 Å². The Hall–Kier alpha value is -3.87. The van der Waals surface area contributed by atoms with Gasteiger partial charge in [-0.25, -0.2) is 14.6 Å². The largest absolute Gasteiger partial charge is 0.379 e. The highest BCUT2D eigenvalue weighted by atomic mass is 35.5. The number of benzene rings is 1. The summed E-state index contributed by atoms with van der Waals surface area (Å²) in [4.78, 5) is 40.6. The van der Waals surface area contributed by atoms with Crippen molar-refractivity contribution in [3.05, 3.63) is 51.8 Å². The number of amides is 2. The first-order chi connectivity index (χ1) is 20.8. The van der Waals surface area contributed by atoms with Gasteiger partial charge in [0.15, 0.2) is 27.4 Å². The Morgan fingerprint density at radius 1 is 1.05 bits per heavy atom. The Balaban J connectivity index is 1.32. The Labute approximate surface area is 258 Å². The van der Waals surface area contributed by atoms with E-state index in [-0.39, 0.29) is 33.3 Å². The predicted molar refractivity (Wildman–Crippen MR) is 160 cm³/mol. The number of piperazine rings is 1. The number of carbonyl (C=O) groups excluding carboxylic acids is 2. The second kappa shape index (κ2) is 14.1. The summed E-state index contributed by atoms with van der Waals surface area (Å²) in [5, 5.41) is 22.6. The molecular weight excluding hydrogens is 597 g/mol. The normalized spacial score (nSPS) is 16.1. The number of anilines is 2. The maximum atomic E-state index is 13.3. The minimum atomic E-state index is -0.646. The summed E-state index contributed by atoms with van der Waals surface area (Å²) in [5.41, 5.74) is 1.61. The van der Waals surface area contributed by atoms with E-state index in [9.17, 15) is 9.59 Å². The Morgan fingerprint density at radius 3 is 2.56 bits per heavy atom. The van der Waals surface area contributed by atoms with Crippen LogP contribution in [0.4, 0.5) is 11.4 Å². The minimum Gasteiger partial charge on any atom is -0.379 e. The molecule has 2 amide bonds. The topological polar surface area (TPSA) is 157 Å². The fourth-order valence-corrected chi connectivity index (χ4v) is 5.18. The summed E-state index contributed by atoms with van der Waals surface area (Å²) in [5.74, 6) is -0.964. The lowest BCUT2D eigenvalue weighted by atomic mass is 10.2. The lowest BCUT2D eigenvalue weighted by Crippen LogP contribution is -2.44. The van der Waals surface area contributed by atoms with E-state index in [1.807, 2.05) is 12.1 Å². The number of morpholine rings is 1. The predicted octanol–water partition coefficient (Wildman–Crippen LogP) is 1.69. The highest BCUT2D eigenvalue weighted by molar-refractivity contribution is 6.34. The summed E-state index contributed by atoms with van der Waals surface area (Å²) in [6.07, 6.45) is 2.35. The number of hydrogen-bond donors (Lipinski definition) is 2. The SMILES string of the molecule is CN1CCN(c2ccc(-n3cc(C(=O)NCCCN4CCOCC4)nn3)cc2NC(=O)c2nc(Cl)c(C#N)nc2Cl)CC1. The van der Waals surface area contributed by atoms with E-state index in [1.165, 1.54) is 10.9 Å². The molecule has 226 valence electrons. The van der Waals surface area contributed by atoms with E-state index in [1.54, 1.807) is 12.1 Å². The first-order valence-electron chi connectivity index (χ1n) is 13.9. The number of hydrogen-bond acceptors (Lipinski definition) is 11. The summed E-state index contributed by atoms with van der Waals surface area (Å²) in [6, 6.07) is 7.24. The minimum absolute atomic E-state index is 0.175. The first kappa shape index (κ1) is 30.6. The van der Waals surface area contributed by atoms with Gasteiger partial charge in [0.25, 0.3) is 11.8 Å². The summed E-state index contributed by atoms with van der Waals surface area (Å²) in [7, 11) is 2.06. The molecule has 0 unspecified atom stereocenters. The Morgan fingerprint density at radius 2 is 1.81 bits per heavy atom. The van der Waals surface area contributed by atoms with Crippen molar-refractivity contribution in [2.24, 2.45) is 0 Å². The van der Waals surface area contributed by atoms with E-state index in [2.05, 4.69) is 52.7 Å². The second-order valence-electron chi connectivity index (χ2n) is 10.2. The van der Waals surface area contributed by atoms with Crippen molar-refractivity contribution in [3.63, 3.8) is 0 Å². The molecule has 14 nitrogen and oxygen atoms in total. The van der Waals surface area contributed by atoms with Gasteiger partial charge in [0.2, 0.25) is 0 Å². The summed E-state index contributed by atoms with van der Waals surface area (Å²) >= 11 is 12.2. The monoisotopic (exact) mass is 627 g/mol. The molecular formula is C27H31Cl2N11O3. The van der Waals surface area contributed by atoms with Crippen LogP contribution in [-0.2, 0) is 4.74 Å². The fraction of sp³-hybridized carbons (Fsp3) is 0.444. The maximum absolute atomic E-state index is 13.3. The molecule has 16 heteroatoms. The van der Waals surface area contributed by atoms with Crippen LogP contribution >= 0.6 is 23.2 Å². The van der Waals surface area contributed by atoms with Crippen molar-refractivity contribution < 1.29 is 14.3 Å². The number of rotatable bonds is 9. The van der Waals surface area contributed by atoms with Crippen LogP contribution in [0.2, 0.25) is 10.3 Å². The highest BCUT2D eigenvalue weighted by Gasteiger charge is 2.23. The highest BCUT2D eigenvalue weighted by Crippen LogP contribution is 2.30. The smallest absolute Gasteiger partial charge is 0.277 e. The number of nitrogens with one attached hydrogen (secondary N) is 2. The molecule has 43 heavy (non-hydrogen) atoms. The molecule has 2 aromatic heterocycles. The number of aromatic nitrogens is 5. The van der Waals surface area contributed by atoms with Gasteiger partial charge in [-0.15, -0.1) is 5.10 Å². The van der Waals surface area contributed by atoms with E-state index in [0.717, 1.165) is 71.1 Å². The van der Waals surface area contributed by atoms with Crippen molar-refractivity contribution in [1.29, 1.82) is 5.26 Å². The maximum Gasteiger partial charge on any atom is 0.277 e. The third-order valence-electron chi connectivity index (χ3n) is 7.23. The Kier molecular flexibility index (Phi) is 10.0. The van der Waals surface area contributed by atoms with Gasteiger partial charge in [-0.05, 0) is 38.2 Å². The van der Waals surface area contributed by atoms with Gasteiger partial charge in [-0.3, -0.25) is 14.5 Å². The van der Waals surface area contributed by atoms with Crippen molar-refractivity contribution in [1.82, 2.24) is 40.1 Å². The quantitative estimate of drug-likeness (QED) is 0.333. The Bertz CT molecular complexity index is 1510. The lowest BCUT2D eigenvalue weighted by Gasteiger charge is -2.35. The number of halogens is 2. The van der Waals surface area contributed by atoms with E-state index in [4.69, 9.17) is 33.2 Å². The molecule has 0 radical (unpaired) electrons. The van der Waals surface area contributed by atoms with Crippen LogP contribution < -0.4 is 15.5 Å². The van der Waals surface area contributed by atoms with Gasteiger partial charge < -0.3 is 25.2 Å². The lowest BCUT2D eigenvalue weighted by molar-refractivity contribution is 0.0374. The van der Waals surface area contributed by atoms with E-state index >= 15 is 0 Å². The third kappa shape index (κ3) is 7.56. The molecule has 5 rings (SSSR count). The number of ether oxygens (including phenoxy) is 1. The molecule has 2 N–H and O–H groups in total. The zero-order valence-corrected chi connectivity index (χ0v) is 25.1. The van der Waals surface area contributed by atoms with Crippen LogP contribution in [-0.4, -0.2) is 119 Å². The zero-order valence-electron chi connectivity index (χ0n) is 23.6. The fourth-order valence-electron chi connectivity index (χ4n) is 4.80. The van der Waals surface area contributed by atoms with Crippen LogP contribution in [0.5, 0.6) is 0 Å². The van der Waals surface area contributed by atoms with Crippen molar-refractivity contribution in [3.8, 4) is 11.8 Å². The van der Waals surface area contributed by atoms with Crippen LogP contribution in [0.1, 0.15) is 33.1 Å². The first-order valence-corrected chi connectivity index (χ1v) is 14.6. The molecule has 0 saturated carbocycles. The third-order valence-corrected chi connectivity index (χ3v) is 7.76. The van der Waals surface area contributed by atoms with Gasteiger partial charge in [0.05, 0.1) is 36.5 Å². The van der Waals surface area contributed by atoms with Gasteiger partial charge >= 0.3 is 0 Å². The molecule has 2 aliphatic heterocycles. The van der Waals surface area contributed by atoms with Gasteiger partial charge in [0.1, 0.15) is 6.07 Å². The van der Waals surface area contributed by atoms with Crippen molar-refractivity contribution in [2.75, 3.05) is 82.8 Å². The van der Waals surface area contributed by atoms with Gasteiger partial charge in [-0.1, -0.05) is 28.4 Å². The van der Waals surface area contributed by atoms with E-state index in [0.29, 0.717) is 17.9 Å². The molecule has 2 aliphatic rings. The van der Waals surface area contributed by atoms with Crippen LogP contribution in [0.15, 0.2) is 24.4 Å². The van der Waals surface area contributed by atoms with E-state index < -0.39 is 5.91 Å². The zero-order chi connectivity index (χ0) is 30.3. The second-order valence-corrected chi connectivity index (χ2v) is 10.9. The number of nitriles is 1. The molecule has 0 atom stereocenters. The molecule has 0 bridgehead atoms. The van der Waals surface area contributed by atoms with Gasteiger partial charge in [-0.2, -0.15) is 5.26 Å². The molecule has 2 saturated heterocycles. The molecule has 0 aliphatic carbocycles. The summed E-state index contributed by atoms with van der Waals surface area (Å²) in [6.45, 7) is 7.89. The van der Waals surface area contributed by atoms with Crippen molar-refractivity contribution in [2.45, 2.75) is 6.42 Å². The molecule has 2 fully saturated rings. The average Bonchev–Trinajstić information content (AvgIpc) is 3.52. The standard InChI is InChI=1S/C27H31Cl2N11O3/c1-37-7-9-39(10-8-37)22-4-3-18(15-19(22)33-27(42)23-25(29)32-20(16-30)24(28)34-23)40-17-21(35-36-40)26(41)31-5-2-6-38-11-13-43-14-12-38/h3-4,15,17H,2,5-14H2,1H3,(H,31,41)(H,33,42). The molecule has 4 heterocycles. The number of carbonyl (C=O) groups is 2. The number of nitrogens with zero attached hydrogens (tertiary/aromatic N) is 9. The average molecular weight is 629 g/mol. The van der Waals surface area contributed by atoms with Crippen LogP contribution in [0.3, 0.4) is 0 Å². The molecule has 3 aromatic rings. The molecule has 1 aromatic carbocycles. The van der Waals surface area contributed by atoms with Crippen molar-refractivity contribution >= 4 is 46.4 Å². The van der Waals surface area contributed by atoms with Crippen LogP contribution in [0, 0.1) is 11.3 Å². The number of likely N-dealkylation sites (N-methyl/N-ethyl adjacent to an activating group) is 1.